The molecule has 1 fully saturated rings. The van der Waals surface area contributed by atoms with Crippen molar-refractivity contribution in [3.8, 4) is 5.75 Å². The van der Waals surface area contributed by atoms with Crippen molar-refractivity contribution in [2.45, 2.75) is 109 Å². The number of likely N-dealkylation sites (N-methyl/N-ethyl adjacent to an activating group) is 1. The van der Waals surface area contributed by atoms with Gasteiger partial charge in [-0.15, -0.1) is 0 Å². The van der Waals surface area contributed by atoms with Crippen LogP contribution >= 0.6 is 0 Å². The maximum absolute atomic E-state index is 14.1. The molecule has 6 amide bonds. The number of hydrogen-bond donors (Lipinski definition) is 11. The Morgan fingerprint density at radius 2 is 1.49 bits per heavy atom. The van der Waals surface area contributed by atoms with Gasteiger partial charge in [-0.05, 0) is 61.1 Å². The number of aromatic amines is 1. The van der Waals surface area contributed by atoms with Gasteiger partial charge in [-0.25, -0.2) is 9.97 Å². The third kappa shape index (κ3) is 15.7. The van der Waals surface area contributed by atoms with Gasteiger partial charge in [0, 0.05) is 64.5 Å². The number of carbonyl (C=O) groups is 6. The van der Waals surface area contributed by atoms with Gasteiger partial charge in [-0.3, -0.25) is 43.5 Å². The van der Waals surface area contributed by atoms with Crippen LogP contribution in [0.5, 0.6) is 5.75 Å². The van der Waals surface area contributed by atoms with Gasteiger partial charge in [0.1, 0.15) is 36.5 Å². The maximum atomic E-state index is 14.1. The zero-order chi connectivity index (χ0) is 51.6. The van der Waals surface area contributed by atoms with Crippen LogP contribution in [0.4, 0.5) is 5.69 Å². The van der Waals surface area contributed by atoms with Crippen LogP contribution in [0.1, 0.15) is 70.6 Å². The van der Waals surface area contributed by atoms with Crippen LogP contribution in [0.25, 0.3) is 10.9 Å². The number of H-pyrrole nitrogens is 1. The number of nitrogens with two attached hydrogens (primary N) is 2. The van der Waals surface area contributed by atoms with Crippen molar-refractivity contribution in [2.75, 3.05) is 44.7 Å². The lowest BCUT2D eigenvalue weighted by atomic mass is 9.98. The highest BCUT2D eigenvalue weighted by atomic mass is 16.3. The molecule has 23 nitrogen and oxygen atoms in total. The Kier molecular flexibility index (Phi) is 20.2. The summed E-state index contributed by atoms with van der Waals surface area (Å²) in [5.41, 5.74) is 13.3. The molecule has 0 saturated carbocycles. The number of aromatic nitrogens is 4. The number of guanidine groups is 1. The molecule has 0 radical (unpaired) electrons. The summed E-state index contributed by atoms with van der Waals surface area (Å²) in [7, 11) is 1.42. The van der Waals surface area contributed by atoms with Crippen molar-refractivity contribution in [3.05, 3.63) is 82.9 Å². The Morgan fingerprint density at radius 1 is 0.831 bits per heavy atom. The van der Waals surface area contributed by atoms with Crippen LogP contribution in [-0.2, 0) is 48.2 Å². The maximum Gasteiger partial charge on any atom is 0.261 e. The van der Waals surface area contributed by atoms with E-state index in [0.717, 1.165) is 23.8 Å². The Morgan fingerprint density at radius 3 is 2.13 bits per heavy atom. The molecule has 3 heterocycles. The quantitative estimate of drug-likeness (QED) is 0.0226. The van der Waals surface area contributed by atoms with E-state index in [9.17, 15) is 38.7 Å². The van der Waals surface area contributed by atoms with Gasteiger partial charge in [0.2, 0.25) is 35.4 Å². The zero-order valence-corrected chi connectivity index (χ0v) is 40.8. The number of anilines is 1. The number of fused-ring (bicyclic) bond motifs is 1. The fraction of sp³-hybridized carbons (Fsp3) is 0.500. The number of nitrogens with zero attached hydrogens (tertiary/aromatic N) is 5. The first-order chi connectivity index (χ1) is 34.0. The van der Waals surface area contributed by atoms with Crippen molar-refractivity contribution >= 4 is 58.0 Å². The smallest absolute Gasteiger partial charge is 0.261 e. The molecular weight excluding hydrogens is 915 g/mol. The van der Waals surface area contributed by atoms with Crippen LogP contribution in [-0.4, -0.2) is 141 Å². The van der Waals surface area contributed by atoms with E-state index in [1.165, 1.54) is 31.8 Å². The predicted molar refractivity (Wildman–Crippen MR) is 267 cm³/mol. The fourth-order valence-corrected chi connectivity index (χ4v) is 8.12. The van der Waals surface area contributed by atoms with Gasteiger partial charge < -0.3 is 63.3 Å². The normalized spacial score (nSPS) is 15.1. The van der Waals surface area contributed by atoms with Crippen molar-refractivity contribution in [2.24, 2.45) is 17.4 Å². The van der Waals surface area contributed by atoms with Crippen molar-refractivity contribution in [1.29, 1.82) is 5.41 Å². The molecule has 71 heavy (non-hydrogen) atoms. The number of benzene rings is 2. The minimum Gasteiger partial charge on any atom is -0.508 e. The molecule has 0 unspecified atom stereocenters. The Labute approximate surface area is 412 Å². The number of nitrogens with one attached hydrogen (secondary N) is 8. The summed E-state index contributed by atoms with van der Waals surface area (Å²) in [6, 6.07) is 6.41. The van der Waals surface area contributed by atoms with E-state index < -0.39 is 65.9 Å². The topological polar surface area (TPSA) is 341 Å². The SMILES string of the molecule is CCCC[C@H](NC(=O)[C@@H](N)[C@@H](C)CC)C(=O)N1CCN(c2ccc3ncn(CC(=O)N[C@@H](CCCNC(=N)N)C(=O)N[C@@H](Cc4c[nH]cn4)C(=O)N[C@@H](Cc4ccc(O)cc4)C(=O)NC)c(=O)c3c2)CC1. The first-order valence-corrected chi connectivity index (χ1v) is 24.1. The molecule has 1 saturated heterocycles. The number of phenolic OH excluding ortho intramolecular Hbond substituents is 1. The van der Waals surface area contributed by atoms with Crippen molar-refractivity contribution in [3.63, 3.8) is 0 Å². The lowest BCUT2D eigenvalue weighted by Crippen LogP contribution is -2.57. The molecule has 4 aromatic rings. The van der Waals surface area contributed by atoms with Gasteiger partial charge >= 0.3 is 0 Å². The lowest BCUT2D eigenvalue weighted by Gasteiger charge is -2.38. The van der Waals surface area contributed by atoms with E-state index in [0.29, 0.717) is 55.1 Å². The minimum atomic E-state index is -1.27. The molecule has 0 bridgehead atoms. The second-order valence-corrected chi connectivity index (χ2v) is 17.8. The van der Waals surface area contributed by atoms with Crippen molar-refractivity contribution < 1.29 is 33.9 Å². The number of amides is 6. The van der Waals surface area contributed by atoms with Gasteiger partial charge in [0.05, 0.1) is 35.3 Å². The van der Waals surface area contributed by atoms with E-state index in [-0.39, 0.29) is 67.1 Å². The summed E-state index contributed by atoms with van der Waals surface area (Å²) in [5.74, 6) is -3.45. The largest absolute Gasteiger partial charge is 0.508 e. The van der Waals surface area contributed by atoms with Gasteiger partial charge in [0.25, 0.3) is 5.56 Å². The third-order valence-electron chi connectivity index (χ3n) is 12.6. The molecule has 1 aliphatic rings. The average Bonchev–Trinajstić information content (AvgIpc) is 3.89. The molecule has 2 aromatic carbocycles. The second-order valence-electron chi connectivity index (χ2n) is 17.8. The highest BCUT2D eigenvalue weighted by molar-refractivity contribution is 5.95. The fourth-order valence-electron chi connectivity index (χ4n) is 8.12. The second kappa shape index (κ2) is 26.4. The highest BCUT2D eigenvalue weighted by Gasteiger charge is 2.33. The lowest BCUT2D eigenvalue weighted by molar-refractivity contribution is -0.137. The number of aromatic hydroxyl groups is 1. The van der Waals surface area contributed by atoms with E-state index in [4.69, 9.17) is 16.9 Å². The number of piperazine rings is 1. The number of rotatable bonds is 25. The van der Waals surface area contributed by atoms with Gasteiger partial charge in [-0.2, -0.15) is 0 Å². The predicted octanol–water partition coefficient (Wildman–Crippen LogP) is -0.529. The van der Waals surface area contributed by atoms with E-state index >= 15 is 0 Å². The van der Waals surface area contributed by atoms with Crippen LogP contribution in [0.2, 0.25) is 0 Å². The Bertz CT molecular complexity index is 2510. The molecule has 1 aliphatic heterocycles. The molecule has 2 aromatic heterocycles. The molecule has 0 spiro atoms. The summed E-state index contributed by atoms with van der Waals surface area (Å²) in [6.45, 7) is 7.25. The van der Waals surface area contributed by atoms with Crippen LogP contribution in [0.3, 0.4) is 0 Å². The van der Waals surface area contributed by atoms with Crippen molar-refractivity contribution in [1.82, 2.24) is 56.3 Å². The molecular formula is C48H69N15O8. The average molecular weight is 984 g/mol. The molecule has 13 N–H and O–H groups in total. The van der Waals surface area contributed by atoms with Crippen LogP contribution in [0, 0.1) is 11.3 Å². The van der Waals surface area contributed by atoms with Crippen LogP contribution in [0.15, 0.2) is 66.1 Å². The van der Waals surface area contributed by atoms with E-state index in [1.54, 1.807) is 35.4 Å². The summed E-state index contributed by atoms with van der Waals surface area (Å²) >= 11 is 0. The summed E-state index contributed by atoms with van der Waals surface area (Å²) < 4.78 is 1.13. The molecule has 384 valence electrons. The summed E-state index contributed by atoms with van der Waals surface area (Å²) in [4.78, 5) is 111. The number of unbranched alkanes of at least 4 members (excludes halogenated alkanes) is 1. The van der Waals surface area contributed by atoms with Crippen LogP contribution < -0.4 is 53.8 Å². The monoisotopic (exact) mass is 984 g/mol. The third-order valence-corrected chi connectivity index (χ3v) is 12.6. The Hall–Kier alpha value is -7.56. The van der Waals surface area contributed by atoms with E-state index in [2.05, 4.69) is 46.9 Å². The first kappa shape index (κ1) is 54.4. The molecule has 0 aliphatic carbocycles. The number of imidazole rings is 1. The molecule has 23 heteroatoms. The first-order valence-electron chi connectivity index (χ1n) is 24.1. The number of phenols is 1. The molecule has 6 atom stereocenters. The van der Waals surface area contributed by atoms with Gasteiger partial charge in [-0.1, -0.05) is 52.2 Å². The number of carbonyl (C=O) groups excluding carboxylic acids is 6. The summed E-state index contributed by atoms with van der Waals surface area (Å²) in [6.07, 6.45) is 7.32. The zero-order valence-electron chi connectivity index (χ0n) is 40.8. The highest BCUT2D eigenvalue weighted by Crippen LogP contribution is 2.22. The van der Waals surface area contributed by atoms with E-state index in [1.807, 2.05) is 31.7 Å². The summed E-state index contributed by atoms with van der Waals surface area (Å²) in [5, 5.41) is 33.8. The number of hydrogen-bond acceptors (Lipinski definition) is 13. The Balaban J connectivity index is 1.28. The minimum absolute atomic E-state index is 0.0309. The van der Waals surface area contributed by atoms with Gasteiger partial charge in [0.15, 0.2) is 5.96 Å². The molecule has 5 rings (SSSR count). The standard InChI is InChI=1S/C48H69N15O8/c1-5-7-9-37(58-45(69)41(49)29(3)6-2)47(71)62-20-18-61(19-21-62)32-13-16-35-34(24-32)46(70)63(28-56-35)26-40(65)57-36(10-8-17-54-48(50)51)43(67)60-39(23-31-25-53-27-55-31)44(68)59-38(42(66)52-4)22-30-11-14-33(64)15-12-30/h11-16,24-25,27-29,36-39,41,64H,5-10,17-23,26,49H2,1-4H3,(H,52,66)(H,53,55)(H,57,65)(H,58,69)(H,59,68)(H,60,67)(H4,50,51,54)/t29-,36-,37-,38-,39-,41-/m0/s1.